The van der Waals surface area contributed by atoms with Gasteiger partial charge in [0, 0.05) is 11.6 Å². The largest absolute Gasteiger partial charge is 0.422 e. The summed E-state index contributed by atoms with van der Waals surface area (Å²) < 4.78 is 5.18. The highest BCUT2D eigenvalue weighted by Crippen LogP contribution is 2.22. The van der Waals surface area contributed by atoms with Crippen molar-refractivity contribution in [2.45, 2.75) is 0 Å². The highest BCUT2D eigenvalue weighted by Gasteiger charge is 2.07. The third-order valence-corrected chi connectivity index (χ3v) is 2.63. The van der Waals surface area contributed by atoms with E-state index in [2.05, 4.69) is 4.98 Å². The van der Waals surface area contributed by atoms with Crippen molar-refractivity contribution in [3.05, 3.63) is 52.0 Å². The van der Waals surface area contributed by atoms with Gasteiger partial charge in [-0.15, -0.1) is 0 Å². The summed E-state index contributed by atoms with van der Waals surface area (Å²) in [6.07, 6.45) is 1.52. The van der Waals surface area contributed by atoms with E-state index in [1.54, 1.807) is 12.1 Å². The summed E-state index contributed by atoms with van der Waals surface area (Å²) in [6.45, 7) is 0. The molecule has 16 heavy (non-hydrogen) atoms. The summed E-state index contributed by atoms with van der Waals surface area (Å²) in [5, 5.41) is 1.65. The SMILES string of the molecule is O=c1oc2ccccc2c2ncc(Cl)cc12. The maximum Gasteiger partial charge on any atom is 0.345 e. The monoisotopic (exact) mass is 231 g/mol. The summed E-state index contributed by atoms with van der Waals surface area (Å²) in [7, 11) is 0. The Bertz CT molecular complexity index is 749. The molecule has 0 spiro atoms. The lowest BCUT2D eigenvalue weighted by Crippen LogP contribution is -2.00. The number of pyridine rings is 1. The Labute approximate surface area is 95.3 Å². The fraction of sp³-hybridized carbons (Fsp3) is 0. The van der Waals surface area contributed by atoms with Crippen molar-refractivity contribution in [3.8, 4) is 0 Å². The lowest BCUT2D eigenvalue weighted by molar-refractivity contribution is 0.569. The van der Waals surface area contributed by atoms with Crippen LogP contribution in [-0.2, 0) is 0 Å². The van der Waals surface area contributed by atoms with Crippen LogP contribution in [0.2, 0.25) is 5.02 Å². The van der Waals surface area contributed by atoms with Gasteiger partial charge in [0.1, 0.15) is 5.58 Å². The van der Waals surface area contributed by atoms with Crippen LogP contribution in [0.5, 0.6) is 0 Å². The summed E-state index contributed by atoms with van der Waals surface area (Å²) >= 11 is 5.80. The van der Waals surface area contributed by atoms with E-state index in [9.17, 15) is 4.79 Å². The van der Waals surface area contributed by atoms with Gasteiger partial charge >= 0.3 is 5.63 Å². The molecule has 2 aromatic heterocycles. The smallest absolute Gasteiger partial charge is 0.345 e. The molecule has 0 bridgehead atoms. The minimum absolute atomic E-state index is 0.409. The van der Waals surface area contributed by atoms with Gasteiger partial charge in [-0.3, -0.25) is 4.98 Å². The maximum absolute atomic E-state index is 11.7. The number of halogens is 1. The summed E-state index contributed by atoms with van der Waals surface area (Å²) in [5.74, 6) is 0. The molecule has 3 aromatic rings. The zero-order chi connectivity index (χ0) is 11.1. The molecule has 3 rings (SSSR count). The molecule has 0 saturated carbocycles. The van der Waals surface area contributed by atoms with Crippen molar-refractivity contribution in [2.24, 2.45) is 0 Å². The lowest BCUT2D eigenvalue weighted by atomic mass is 10.1. The van der Waals surface area contributed by atoms with Crippen LogP contribution < -0.4 is 5.63 Å². The van der Waals surface area contributed by atoms with Gasteiger partial charge in [-0.2, -0.15) is 0 Å². The second-order valence-electron chi connectivity index (χ2n) is 3.44. The van der Waals surface area contributed by atoms with Crippen LogP contribution in [-0.4, -0.2) is 4.98 Å². The Morgan fingerprint density at radius 2 is 2.00 bits per heavy atom. The van der Waals surface area contributed by atoms with Gasteiger partial charge in [0.05, 0.1) is 15.9 Å². The van der Waals surface area contributed by atoms with E-state index < -0.39 is 5.63 Å². The number of para-hydroxylation sites is 1. The van der Waals surface area contributed by atoms with Crippen LogP contribution in [0.4, 0.5) is 0 Å². The Morgan fingerprint density at radius 3 is 2.88 bits per heavy atom. The molecule has 0 unspecified atom stereocenters. The van der Waals surface area contributed by atoms with Crippen LogP contribution in [0, 0.1) is 0 Å². The molecule has 78 valence electrons. The molecule has 0 aliphatic rings. The van der Waals surface area contributed by atoms with Crippen molar-refractivity contribution < 1.29 is 4.42 Å². The molecular formula is C12H6ClNO2. The van der Waals surface area contributed by atoms with Crippen molar-refractivity contribution in [1.82, 2.24) is 4.98 Å². The predicted octanol–water partition coefficient (Wildman–Crippen LogP) is 2.99. The molecular weight excluding hydrogens is 226 g/mol. The highest BCUT2D eigenvalue weighted by molar-refractivity contribution is 6.31. The number of rotatable bonds is 0. The fourth-order valence-corrected chi connectivity index (χ4v) is 1.87. The topological polar surface area (TPSA) is 43.1 Å². The van der Waals surface area contributed by atoms with Gasteiger partial charge < -0.3 is 4.42 Å². The fourth-order valence-electron chi connectivity index (χ4n) is 1.72. The molecule has 0 fully saturated rings. The van der Waals surface area contributed by atoms with Crippen molar-refractivity contribution in [3.63, 3.8) is 0 Å². The first-order chi connectivity index (χ1) is 7.75. The van der Waals surface area contributed by atoms with Crippen molar-refractivity contribution >= 4 is 33.5 Å². The minimum Gasteiger partial charge on any atom is -0.422 e. The van der Waals surface area contributed by atoms with Crippen molar-refractivity contribution in [1.29, 1.82) is 0 Å². The Hall–Kier alpha value is -1.87. The minimum atomic E-state index is -0.413. The quantitative estimate of drug-likeness (QED) is 0.441. The molecule has 4 heteroatoms. The average Bonchev–Trinajstić information content (AvgIpc) is 2.29. The Balaban J connectivity index is 2.65. The zero-order valence-electron chi connectivity index (χ0n) is 8.11. The summed E-state index contributed by atoms with van der Waals surface area (Å²) in [5.41, 5.74) is 0.745. The number of benzene rings is 1. The maximum atomic E-state index is 11.7. The van der Waals surface area contributed by atoms with Crippen LogP contribution in [0.15, 0.2) is 45.7 Å². The number of fused-ring (bicyclic) bond motifs is 3. The van der Waals surface area contributed by atoms with E-state index in [-0.39, 0.29) is 0 Å². The molecule has 0 saturated heterocycles. The zero-order valence-corrected chi connectivity index (χ0v) is 8.86. The second kappa shape index (κ2) is 3.32. The van der Waals surface area contributed by atoms with Crippen LogP contribution in [0.3, 0.4) is 0 Å². The molecule has 0 amide bonds. The van der Waals surface area contributed by atoms with E-state index in [1.165, 1.54) is 6.20 Å². The molecule has 0 aliphatic carbocycles. The Morgan fingerprint density at radius 1 is 1.19 bits per heavy atom. The van der Waals surface area contributed by atoms with Gasteiger partial charge in [0.15, 0.2) is 0 Å². The van der Waals surface area contributed by atoms with Gasteiger partial charge in [0.25, 0.3) is 0 Å². The standard InChI is InChI=1S/C12H6ClNO2/c13-7-5-9-11(14-6-7)8-3-1-2-4-10(8)16-12(9)15/h1-6H. The molecule has 0 aliphatic heterocycles. The van der Waals surface area contributed by atoms with Gasteiger partial charge in [-0.05, 0) is 18.2 Å². The third kappa shape index (κ3) is 1.29. The normalized spacial score (nSPS) is 11.1. The Kier molecular flexibility index (Phi) is 1.94. The van der Waals surface area contributed by atoms with Crippen LogP contribution in [0.1, 0.15) is 0 Å². The molecule has 0 radical (unpaired) electrons. The molecule has 2 heterocycles. The molecule has 0 N–H and O–H groups in total. The molecule has 0 atom stereocenters. The number of hydrogen-bond acceptors (Lipinski definition) is 3. The van der Waals surface area contributed by atoms with E-state index >= 15 is 0 Å². The first kappa shape index (κ1) is 9.36. The number of hydrogen-bond donors (Lipinski definition) is 0. The first-order valence-electron chi connectivity index (χ1n) is 4.73. The van der Waals surface area contributed by atoms with E-state index in [1.807, 2.05) is 18.2 Å². The van der Waals surface area contributed by atoms with Gasteiger partial charge in [0.2, 0.25) is 0 Å². The molecule has 1 aromatic carbocycles. The average molecular weight is 232 g/mol. The first-order valence-corrected chi connectivity index (χ1v) is 5.10. The predicted molar refractivity (Wildman–Crippen MR) is 62.8 cm³/mol. The second-order valence-corrected chi connectivity index (χ2v) is 3.87. The number of aromatic nitrogens is 1. The summed E-state index contributed by atoms with van der Waals surface area (Å²) in [4.78, 5) is 15.9. The lowest BCUT2D eigenvalue weighted by Gasteiger charge is -2.00. The highest BCUT2D eigenvalue weighted by atomic mass is 35.5. The van der Waals surface area contributed by atoms with E-state index in [0.717, 1.165) is 5.39 Å². The van der Waals surface area contributed by atoms with Crippen LogP contribution >= 0.6 is 11.6 Å². The third-order valence-electron chi connectivity index (χ3n) is 2.42. The van der Waals surface area contributed by atoms with E-state index in [4.69, 9.17) is 16.0 Å². The van der Waals surface area contributed by atoms with Crippen molar-refractivity contribution in [2.75, 3.05) is 0 Å². The van der Waals surface area contributed by atoms with Gasteiger partial charge in [-0.1, -0.05) is 23.7 Å². The van der Waals surface area contributed by atoms with E-state index in [0.29, 0.717) is 21.5 Å². The van der Waals surface area contributed by atoms with Crippen LogP contribution in [0.25, 0.3) is 21.9 Å². The molecule has 3 nitrogen and oxygen atoms in total. The van der Waals surface area contributed by atoms with Gasteiger partial charge in [-0.25, -0.2) is 4.79 Å². The number of nitrogens with zero attached hydrogens (tertiary/aromatic N) is 1. The summed E-state index contributed by atoms with van der Waals surface area (Å²) in [6, 6.07) is 8.86.